The topological polar surface area (TPSA) is 142 Å². The first-order valence-electron chi connectivity index (χ1n) is 14.0. The third-order valence-electron chi connectivity index (χ3n) is 7.35. The number of rotatable bonds is 9. The molecular formula is C29H26F4IN5O7S. The zero-order chi connectivity index (χ0) is 34.6. The Bertz CT molecular complexity index is 2230. The molecular weight excluding hydrogens is 765 g/mol. The van der Waals surface area contributed by atoms with Crippen LogP contribution in [-0.2, 0) is 26.7 Å². The highest BCUT2D eigenvalue weighted by Gasteiger charge is 2.44. The number of benzene rings is 2. The van der Waals surface area contributed by atoms with Gasteiger partial charge in [-0.2, -0.15) is 13.2 Å². The van der Waals surface area contributed by atoms with Crippen molar-refractivity contribution in [2.24, 2.45) is 7.05 Å². The Hall–Kier alpha value is -4.20. The molecule has 18 heteroatoms. The second-order valence-corrected chi connectivity index (χ2v) is 13.9. The SMILES string of the molecule is CCCS(=O)(=O)N(OC(=O)C(F)(F)F)c1cccc(-n2c(=O)n(C3CC3)c(=O)c3c(Nc4ccc(I)cc4F)n(C)c(=O)c(C)c32)c1. The summed E-state index contributed by atoms with van der Waals surface area (Å²) in [4.78, 5) is 57.7. The van der Waals surface area contributed by atoms with Gasteiger partial charge in [-0.1, -0.05) is 17.5 Å². The molecule has 0 unspecified atom stereocenters. The quantitative estimate of drug-likeness (QED) is 0.148. The normalized spacial score (nSPS) is 13.5. The van der Waals surface area contributed by atoms with E-state index < -0.39 is 62.3 Å². The van der Waals surface area contributed by atoms with Gasteiger partial charge in [-0.15, -0.1) is 0 Å². The standard InChI is InChI=1S/C29H26F4IN5O7S/c1-4-12-47(44,45)39(46-27(42)29(31,32)33)19-7-5-6-18(14-19)37-23-15(2)25(40)36(3)24(35-21-11-8-16(34)13-20(21)30)22(23)26(41)38(28(37)43)17-9-10-17/h5-8,11,13-14,17,35H,4,9-10,12H2,1-3H3. The Morgan fingerprint density at radius 2 is 1.79 bits per heavy atom. The van der Waals surface area contributed by atoms with E-state index in [9.17, 15) is 45.2 Å². The number of sulfonamides is 1. The molecule has 47 heavy (non-hydrogen) atoms. The van der Waals surface area contributed by atoms with Crippen LogP contribution in [0.25, 0.3) is 16.6 Å². The maximum absolute atomic E-state index is 15.0. The first-order chi connectivity index (χ1) is 22.0. The molecule has 1 aliphatic rings. The number of hydrogen-bond donors (Lipinski definition) is 1. The molecule has 0 spiro atoms. The van der Waals surface area contributed by atoms with Gasteiger partial charge >= 0.3 is 17.8 Å². The van der Waals surface area contributed by atoms with Crippen molar-refractivity contribution < 1.29 is 35.6 Å². The highest BCUT2D eigenvalue weighted by Crippen LogP contribution is 2.35. The van der Waals surface area contributed by atoms with Gasteiger partial charge in [0.25, 0.3) is 21.1 Å². The van der Waals surface area contributed by atoms with E-state index in [0.717, 1.165) is 25.8 Å². The fourth-order valence-electron chi connectivity index (χ4n) is 5.06. The number of carbonyl (C=O) groups excluding carboxylic acids is 1. The minimum Gasteiger partial charge on any atom is -0.338 e. The van der Waals surface area contributed by atoms with Crippen molar-refractivity contribution in [3.8, 4) is 5.69 Å². The van der Waals surface area contributed by atoms with E-state index in [1.54, 1.807) is 6.07 Å². The maximum atomic E-state index is 15.0. The first-order valence-corrected chi connectivity index (χ1v) is 16.7. The van der Waals surface area contributed by atoms with E-state index in [-0.39, 0.29) is 44.5 Å². The van der Waals surface area contributed by atoms with Crippen LogP contribution >= 0.6 is 22.6 Å². The smallest absolute Gasteiger partial charge is 0.338 e. The van der Waals surface area contributed by atoms with Crippen molar-refractivity contribution in [3.05, 3.63) is 88.6 Å². The van der Waals surface area contributed by atoms with Crippen molar-refractivity contribution >= 4 is 66.7 Å². The van der Waals surface area contributed by atoms with Gasteiger partial charge in [-0.3, -0.25) is 23.3 Å². The summed E-state index contributed by atoms with van der Waals surface area (Å²) in [5.74, 6) is -4.34. The summed E-state index contributed by atoms with van der Waals surface area (Å²) in [6, 6.07) is 8.21. The van der Waals surface area contributed by atoms with Crippen LogP contribution in [0.4, 0.5) is 34.8 Å². The van der Waals surface area contributed by atoms with Gasteiger partial charge in [-0.25, -0.2) is 22.4 Å². The van der Waals surface area contributed by atoms with E-state index in [4.69, 9.17) is 0 Å². The molecule has 4 aromatic rings. The van der Waals surface area contributed by atoms with Crippen molar-refractivity contribution in [3.63, 3.8) is 0 Å². The van der Waals surface area contributed by atoms with E-state index in [2.05, 4.69) is 10.2 Å². The Labute approximate surface area is 277 Å². The van der Waals surface area contributed by atoms with Crippen LogP contribution in [0.1, 0.15) is 37.8 Å². The molecule has 0 aliphatic heterocycles. The van der Waals surface area contributed by atoms with Crippen molar-refractivity contribution in [1.82, 2.24) is 13.7 Å². The lowest BCUT2D eigenvalue weighted by molar-refractivity contribution is -0.199. The lowest BCUT2D eigenvalue weighted by atomic mass is 10.1. The monoisotopic (exact) mass is 791 g/mol. The number of aryl methyl sites for hydroxylation is 1. The summed E-state index contributed by atoms with van der Waals surface area (Å²) in [5.41, 5.74) is -3.49. The number of aromatic nitrogens is 3. The molecule has 250 valence electrons. The van der Waals surface area contributed by atoms with E-state index in [1.807, 2.05) is 22.6 Å². The Morgan fingerprint density at radius 3 is 2.38 bits per heavy atom. The second-order valence-electron chi connectivity index (χ2n) is 10.8. The van der Waals surface area contributed by atoms with Crippen LogP contribution in [-0.4, -0.2) is 40.0 Å². The summed E-state index contributed by atoms with van der Waals surface area (Å²) in [7, 11) is -3.32. The van der Waals surface area contributed by atoms with Crippen LogP contribution in [0, 0.1) is 16.3 Å². The molecule has 2 heterocycles. The van der Waals surface area contributed by atoms with Crippen LogP contribution in [0.5, 0.6) is 0 Å². The number of nitrogens with one attached hydrogen (secondary N) is 1. The lowest BCUT2D eigenvalue weighted by Gasteiger charge is -2.24. The maximum Gasteiger partial charge on any atom is 0.493 e. The molecule has 1 saturated carbocycles. The fourth-order valence-corrected chi connectivity index (χ4v) is 6.81. The largest absolute Gasteiger partial charge is 0.493 e. The summed E-state index contributed by atoms with van der Waals surface area (Å²) < 4.78 is 83.8. The minimum atomic E-state index is -5.54. The van der Waals surface area contributed by atoms with Crippen LogP contribution in [0.3, 0.4) is 0 Å². The predicted octanol–water partition coefficient (Wildman–Crippen LogP) is 4.55. The third-order valence-corrected chi connectivity index (χ3v) is 9.74. The van der Waals surface area contributed by atoms with Crippen LogP contribution < -0.4 is 26.6 Å². The number of alkyl halides is 3. The molecule has 2 aromatic heterocycles. The minimum absolute atomic E-state index is 0.0437. The van der Waals surface area contributed by atoms with Gasteiger partial charge in [0.2, 0.25) is 0 Å². The Kier molecular flexibility index (Phi) is 9.03. The molecule has 12 nitrogen and oxygen atoms in total. The second kappa shape index (κ2) is 12.4. The molecule has 0 atom stereocenters. The van der Waals surface area contributed by atoms with Gasteiger partial charge in [0.1, 0.15) is 17.0 Å². The summed E-state index contributed by atoms with van der Waals surface area (Å²) in [6.07, 6.45) is -4.65. The number of halogens is 5. The average Bonchev–Trinajstić information content (AvgIpc) is 3.82. The van der Waals surface area contributed by atoms with Gasteiger partial charge in [-0.05, 0) is 85.2 Å². The van der Waals surface area contributed by atoms with Gasteiger partial charge < -0.3 is 10.2 Å². The molecule has 2 aromatic carbocycles. The number of hydrogen-bond acceptors (Lipinski definition) is 8. The zero-order valence-electron chi connectivity index (χ0n) is 24.9. The fraction of sp³-hybridized carbons (Fsp3) is 0.310. The molecule has 0 bridgehead atoms. The molecule has 5 rings (SSSR count). The Morgan fingerprint density at radius 1 is 1.11 bits per heavy atom. The number of nitrogens with zero attached hydrogens (tertiary/aromatic N) is 4. The van der Waals surface area contributed by atoms with Crippen LogP contribution in [0.2, 0.25) is 0 Å². The first kappa shape index (κ1) is 34.1. The average molecular weight is 792 g/mol. The molecule has 1 fully saturated rings. The highest BCUT2D eigenvalue weighted by atomic mass is 127. The number of pyridine rings is 1. The van der Waals surface area contributed by atoms with Crippen molar-refractivity contribution in [2.45, 2.75) is 45.3 Å². The number of anilines is 3. The van der Waals surface area contributed by atoms with E-state index in [1.165, 1.54) is 45.2 Å². The molecule has 1 N–H and O–H groups in total. The van der Waals surface area contributed by atoms with Gasteiger partial charge in [0, 0.05) is 22.2 Å². The predicted molar refractivity (Wildman–Crippen MR) is 173 cm³/mol. The van der Waals surface area contributed by atoms with Crippen molar-refractivity contribution in [1.29, 1.82) is 0 Å². The molecule has 1 aliphatic carbocycles. The number of fused-ring (bicyclic) bond motifs is 1. The van der Waals surface area contributed by atoms with Crippen molar-refractivity contribution in [2.75, 3.05) is 15.5 Å². The van der Waals surface area contributed by atoms with E-state index in [0.29, 0.717) is 16.4 Å². The lowest BCUT2D eigenvalue weighted by Crippen LogP contribution is -2.41. The third kappa shape index (κ3) is 6.39. The summed E-state index contributed by atoms with van der Waals surface area (Å²) in [6.45, 7) is 2.80. The van der Waals surface area contributed by atoms with E-state index >= 15 is 0 Å². The number of carbonyl (C=O) groups is 1. The molecule has 0 amide bonds. The highest BCUT2D eigenvalue weighted by molar-refractivity contribution is 14.1. The van der Waals surface area contributed by atoms with Gasteiger partial charge in [0.05, 0.1) is 28.3 Å². The zero-order valence-corrected chi connectivity index (χ0v) is 27.9. The molecule has 0 saturated heterocycles. The summed E-state index contributed by atoms with van der Waals surface area (Å²) >= 11 is 1.91. The summed E-state index contributed by atoms with van der Waals surface area (Å²) in [5, 5.41) is 2.63. The molecule has 0 radical (unpaired) electrons. The van der Waals surface area contributed by atoms with Gasteiger partial charge in [0.15, 0.2) is 0 Å². The Balaban J connectivity index is 1.84. The van der Waals surface area contributed by atoms with Crippen LogP contribution in [0.15, 0.2) is 56.8 Å².